The molecule has 0 atom stereocenters. The summed E-state index contributed by atoms with van der Waals surface area (Å²) in [5.74, 6) is -5.06. The van der Waals surface area contributed by atoms with E-state index in [1.807, 2.05) is 0 Å². The Morgan fingerprint density at radius 1 is 0.933 bits per heavy atom. The van der Waals surface area contributed by atoms with Crippen molar-refractivity contribution in [2.75, 3.05) is 5.32 Å². The number of nitrogens with one attached hydrogen (secondary N) is 1. The van der Waals surface area contributed by atoms with E-state index < -0.39 is 46.4 Å². The minimum absolute atomic E-state index is 0.0581. The van der Waals surface area contributed by atoms with Crippen LogP contribution in [-0.2, 0) is 6.18 Å². The number of carbonyl (C=O) groups excluding carboxylic acids is 1. The Hall–Kier alpha value is -3.49. The van der Waals surface area contributed by atoms with Crippen LogP contribution in [0.25, 0.3) is 0 Å². The average molecular weight is 425 g/mol. The zero-order valence-corrected chi connectivity index (χ0v) is 15.3. The summed E-state index contributed by atoms with van der Waals surface area (Å²) in [5.41, 5.74) is -1.24. The molecule has 1 N–H and O–H groups in total. The first-order valence-electron chi connectivity index (χ1n) is 8.47. The molecular formula is C21H13F6NO2. The molecule has 0 aromatic heterocycles. The molecule has 0 heterocycles. The normalized spacial score (nSPS) is 11.3. The molecule has 3 aromatic carbocycles. The van der Waals surface area contributed by atoms with E-state index in [1.54, 1.807) is 0 Å². The standard InChI is InChI=1S/C21H13F6NO2/c1-11-2-9-16(23)19(24)18(11)20(29)28-13-4-6-14(7-5-13)30-17-10-12(22)3-8-15(17)21(25,26)27/h2-10H,1H3,(H,28,29). The number of aryl methyl sites for hydroxylation is 1. The molecule has 0 bridgehead atoms. The van der Waals surface area contributed by atoms with Crippen LogP contribution in [0, 0.1) is 24.4 Å². The van der Waals surface area contributed by atoms with Gasteiger partial charge in [-0.2, -0.15) is 13.2 Å². The molecule has 0 aliphatic carbocycles. The second-order valence-electron chi connectivity index (χ2n) is 6.27. The fraction of sp³-hybridized carbons (Fsp3) is 0.0952. The number of rotatable bonds is 4. The van der Waals surface area contributed by atoms with Gasteiger partial charge in [0.25, 0.3) is 5.91 Å². The van der Waals surface area contributed by atoms with Gasteiger partial charge in [0.2, 0.25) is 0 Å². The Bertz CT molecular complexity index is 1090. The van der Waals surface area contributed by atoms with Crippen molar-refractivity contribution in [3.8, 4) is 11.5 Å². The predicted octanol–water partition coefficient (Wildman–Crippen LogP) is 6.48. The summed E-state index contributed by atoms with van der Waals surface area (Å²) >= 11 is 0. The van der Waals surface area contributed by atoms with Crippen LogP contribution in [0.4, 0.5) is 32.0 Å². The quantitative estimate of drug-likeness (QED) is 0.486. The van der Waals surface area contributed by atoms with Crippen molar-refractivity contribution in [3.63, 3.8) is 0 Å². The van der Waals surface area contributed by atoms with Gasteiger partial charge in [0.1, 0.15) is 17.3 Å². The molecule has 0 unspecified atom stereocenters. The van der Waals surface area contributed by atoms with E-state index >= 15 is 0 Å². The van der Waals surface area contributed by atoms with Crippen LogP contribution in [0.1, 0.15) is 21.5 Å². The Labute approximate surface area is 166 Å². The summed E-state index contributed by atoms with van der Waals surface area (Å²) in [5, 5.41) is 2.36. The number of hydrogen-bond acceptors (Lipinski definition) is 2. The monoisotopic (exact) mass is 425 g/mol. The number of benzene rings is 3. The zero-order valence-electron chi connectivity index (χ0n) is 15.3. The number of halogens is 6. The van der Waals surface area contributed by atoms with Crippen molar-refractivity contribution >= 4 is 11.6 Å². The molecule has 0 fully saturated rings. The summed E-state index contributed by atoms with van der Waals surface area (Å²) in [6.07, 6.45) is -4.75. The average Bonchev–Trinajstić information content (AvgIpc) is 2.66. The molecule has 0 radical (unpaired) electrons. The molecule has 0 saturated carbocycles. The Balaban J connectivity index is 1.79. The van der Waals surface area contributed by atoms with E-state index in [2.05, 4.69) is 5.32 Å². The lowest BCUT2D eigenvalue weighted by molar-refractivity contribution is -0.138. The summed E-state index contributed by atoms with van der Waals surface area (Å²) in [6.45, 7) is 1.44. The molecule has 0 saturated heterocycles. The number of hydrogen-bond donors (Lipinski definition) is 1. The number of alkyl halides is 3. The van der Waals surface area contributed by atoms with E-state index in [4.69, 9.17) is 4.74 Å². The van der Waals surface area contributed by atoms with Gasteiger partial charge in [-0.1, -0.05) is 6.07 Å². The molecule has 9 heteroatoms. The predicted molar refractivity (Wildman–Crippen MR) is 97.0 cm³/mol. The largest absolute Gasteiger partial charge is 0.457 e. The number of carbonyl (C=O) groups is 1. The summed E-state index contributed by atoms with van der Waals surface area (Å²) in [7, 11) is 0. The zero-order chi connectivity index (χ0) is 22.1. The van der Waals surface area contributed by atoms with Gasteiger partial charge in [0.15, 0.2) is 11.6 Å². The Morgan fingerprint density at radius 2 is 1.60 bits per heavy atom. The molecule has 0 aliphatic heterocycles. The third-order valence-electron chi connectivity index (χ3n) is 4.12. The lowest BCUT2D eigenvalue weighted by Crippen LogP contribution is -2.16. The van der Waals surface area contributed by atoms with Crippen molar-refractivity contribution < 1.29 is 35.9 Å². The van der Waals surface area contributed by atoms with Gasteiger partial charge in [0.05, 0.1) is 11.1 Å². The highest BCUT2D eigenvalue weighted by Gasteiger charge is 2.34. The van der Waals surface area contributed by atoms with Gasteiger partial charge < -0.3 is 10.1 Å². The van der Waals surface area contributed by atoms with Crippen molar-refractivity contribution in [2.24, 2.45) is 0 Å². The van der Waals surface area contributed by atoms with Crippen molar-refractivity contribution in [2.45, 2.75) is 13.1 Å². The maximum atomic E-state index is 13.9. The van der Waals surface area contributed by atoms with Crippen LogP contribution in [-0.4, -0.2) is 5.91 Å². The Kier molecular flexibility index (Phi) is 5.73. The number of amides is 1. The van der Waals surface area contributed by atoms with Crippen LogP contribution in [0.5, 0.6) is 11.5 Å². The first kappa shape index (κ1) is 21.2. The number of ether oxygens (including phenoxy) is 1. The maximum Gasteiger partial charge on any atom is 0.419 e. The van der Waals surface area contributed by atoms with Crippen LogP contribution >= 0.6 is 0 Å². The minimum atomic E-state index is -4.75. The first-order valence-corrected chi connectivity index (χ1v) is 8.47. The van der Waals surface area contributed by atoms with E-state index in [0.29, 0.717) is 18.2 Å². The second-order valence-corrected chi connectivity index (χ2v) is 6.27. The van der Waals surface area contributed by atoms with Gasteiger partial charge >= 0.3 is 6.18 Å². The van der Waals surface area contributed by atoms with Crippen molar-refractivity contribution in [1.29, 1.82) is 0 Å². The summed E-state index contributed by atoms with van der Waals surface area (Å²) < 4.78 is 84.9. The van der Waals surface area contributed by atoms with E-state index in [0.717, 1.165) is 6.07 Å². The topological polar surface area (TPSA) is 38.3 Å². The highest BCUT2D eigenvalue weighted by atomic mass is 19.4. The molecule has 1 amide bonds. The third-order valence-corrected chi connectivity index (χ3v) is 4.12. The van der Waals surface area contributed by atoms with Gasteiger partial charge in [-0.05, 0) is 55.0 Å². The van der Waals surface area contributed by atoms with Crippen LogP contribution in [0.15, 0.2) is 54.6 Å². The van der Waals surface area contributed by atoms with Crippen molar-refractivity contribution in [1.82, 2.24) is 0 Å². The highest BCUT2D eigenvalue weighted by molar-refractivity contribution is 6.05. The molecule has 3 aromatic rings. The van der Waals surface area contributed by atoms with Gasteiger partial charge in [-0.3, -0.25) is 4.79 Å². The van der Waals surface area contributed by atoms with Crippen LogP contribution in [0.3, 0.4) is 0 Å². The molecular weight excluding hydrogens is 412 g/mol. The minimum Gasteiger partial charge on any atom is -0.457 e. The van der Waals surface area contributed by atoms with Crippen LogP contribution < -0.4 is 10.1 Å². The third kappa shape index (κ3) is 4.56. The fourth-order valence-electron chi connectivity index (χ4n) is 2.67. The van der Waals surface area contributed by atoms with Gasteiger partial charge in [-0.25, -0.2) is 13.2 Å². The molecule has 0 spiro atoms. The van der Waals surface area contributed by atoms with Gasteiger partial charge in [0, 0.05) is 11.8 Å². The van der Waals surface area contributed by atoms with E-state index in [9.17, 15) is 31.1 Å². The van der Waals surface area contributed by atoms with E-state index in [1.165, 1.54) is 37.3 Å². The second kappa shape index (κ2) is 8.10. The molecule has 30 heavy (non-hydrogen) atoms. The number of anilines is 1. The van der Waals surface area contributed by atoms with E-state index in [-0.39, 0.29) is 17.0 Å². The highest BCUT2D eigenvalue weighted by Crippen LogP contribution is 2.38. The van der Waals surface area contributed by atoms with Crippen molar-refractivity contribution in [3.05, 3.63) is 88.7 Å². The summed E-state index contributed by atoms with van der Waals surface area (Å²) in [4.78, 5) is 12.3. The smallest absolute Gasteiger partial charge is 0.419 e. The SMILES string of the molecule is Cc1ccc(F)c(F)c1C(=O)Nc1ccc(Oc2cc(F)ccc2C(F)(F)F)cc1. The molecule has 3 nitrogen and oxygen atoms in total. The maximum absolute atomic E-state index is 13.9. The van der Waals surface area contributed by atoms with Crippen LogP contribution in [0.2, 0.25) is 0 Å². The fourth-order valence-corrected chi connectivity index (χ4v) is 2.67. The summed E-state index contributed by atoms with van der Waals surface area (Å²) in [6, 6.07) is 9.02. The lowest BCUT2D eigenvalue weighted by atomic mass is 10.1. The van der Waals surface area contributed by atoms with Gasteiger partial charge in [-0.15, -0.1) is 0 Å². The lowest BCUT2D eigenvalue weighted by Gasteiger charge is -2.14. The molecule has 156 valence electrons. The molecule has 3 rings (SSSR count). The molecule has 0 aliphatic rings. The Morgan fingerprint density at radius 3 is 2.23 bits per heavy atom. The first-order chi connectivity index (χ1) is 14.1.